The van der Waals surface area contributed by atoms with Crippen molar-refractivity contribution in [1.82, 2.24) is 0 Å². The van der Waals surface area contributed by atoms with Crippen molar-refractivity contribution in [1.29, 1.82) is 0 Å². The number of anilines is 2. The number of rotatable bonds is 5. The average molecular weight is 284 g/mol. The Morgan fingerprint density at radius 3 is 2.48 bits per heavy atom. The van der Waals surface area contributed by atoms with Crippen molar-refractivity contribution in [2.45, 2.75) is 19.9 Å². The number of methoxy groups -OCH3 is 1. The van der Waals surface area contributed by atoms with Crippen molar-refractivity contribution in [2.75, 3.05) is 17.7 Å². The second kappa shape index (κ2) is 6.79. The molecule has 1 amide bonds. The molecular weight excluding hydrogens is 264 g/mol. The van der Waals surface area contributed by atoms with Crippen molar-refractivity contribution in [3.8, 4) is 5.75 Å². The minimum absolute atomic E-state index is 0.0818. The summed E-state index contributed by atoms with van der Waals surface area (Å²) in [6.07, 6.45) is 0. The number of carbonyl (C=O) groups is 1. The van der Waals surface area contributed by atoms with E-state index in [1.54, 1.807) is 7.11 Å². The Bertz CT molecular complexity index is 608. The van der Waals surface area contributed by atoms with Crippen LogP contribution < -0.4 is 15.4 Å². The lowest BCUT2D eigenvalue weighted by Gasteiger charge is -2.16. The van der Waals surface area contributed by atoms with Gasteiger partial charge in [0.05, 0.1) is 7.11 Å². The van der Waals surface area contributed by atoms with E-state index < -0.39 is 0 Å². The molecule has 0 aliphatic carbocycles. The summed E-state index contributed by atoms with van der Waals surface area (Å²) in [6.45, 7) is 3.83. The number of carbonyl (C=O) groups excluding carboxylic acids is 1. The Labute approximate surface area is 125 Å². The lowest BCUT2D eigenvalue weighted by molar-refractivity contribution is -0.116. The van der Waals surface area contributed by atoms with Gasteiger partial charge in [-0.1, -0.05) is 23.8 Å². The first kappa shape index (κ1) is 14.9. The molecular formula is C17H20N2O2. The summed E-state index contributed by atoms with van der Waals surface area (Å²) in [7, 11) is 1.62. The van der Waals surface area contributed by atoms with Gasteiger partial charge >= 0.3 is 0 Å². The summed E-state index contributed by atoms with van der Waals surface area (Å²) in [5.41, 5.74) is 2.81. The molecule has 21 heavy (non-hydrogen) atoms. The molecule has 0 aliphatic rings. The van der Waals surface area contributed by atoms with E-state index in [4.69, 9.17) is 4.74 Å². The Morgan fingerprint density at radius 1 is 1.10 bits per heavy atom. The molecule has 0 aromatic heterocycles. The molecule has 2 aromatic rings. The summed E-state index contributed by atoms with van der Waals surface area (Å²) in [6, 6.07) is 14.9. The van der Waals surface area contributed by atoms with E-state index in [1.807, 2.05) is 62.4 Å². The standard InChI is InChI=1S/C17H20N2O2/c1-12-7-9-14(10-8-12)19-17(20)13(2)18-15-5-4-6-16(11-15)21-3/h4-11,13,18H,1-3H3,(H,19,20). The quantitative estimate of drug-likeness (QED) is 0.884. The monoisotopic (exact) mass is 284 g/mol. The summed E-state index contributed by atoms with van der Waals surface area (Å²) in [4.78, 5) is 12.2. The van der Waals surface area contributed by atoms with Gasteiger partial charge in [-0.3, -0.25) is 4.79 Å². The zero-order valence-electron chi connectivity index (χ0n) is 12.5. The van der Waals surface area contributed by atoms with E-state index in [0.29, 0.717) is 0 Å². The molecule has 0 heterocycles. The zero-order chi connectivity index (χ0) is 15.2. The van der Waals surface area contributed by atoms with Gasteiger partial charge in [-0.05, 0) is 38.1 Å². The van der Waals surface area contributed by atoms with Crippen LogP contribution in [0.4, 0.5) is 11.4 Å². The molecule has 2 rings (SSSR count). The molecule has 1 atom stereocenters. The minimum Gasteiger partial charge on any atom is -0.497 e. The molecule has 0 radical (unpaired) electrons. The van der Waals surface area contributed by atoms with Gasteiger partial charge < -0.3 is 15.4 Å². The van der Waals surface area contributed by atoms with Crippen molar-refractivity contribution in [3.63, 3.8) is 0 Å². The zero-order valence-corrected chi connectivity index (χ0v) is 12.5. The van der Waals surface area contributed by atoms with Crippen LogP contribution in [0.3, 0.4) is 0 Å². The third kappa shape index (κ3) is 4.24. The molecule has 0 fully saturated rings. The van der Waals surface area contributed by atoms with E-state index in [-0.39, 0.29) is 11.9 Å². The van der Waals surface area contributed by atoms with Crippen LogP contribution in [-0.2, 0) is 4.79 Å². The van der Waals surface area contributed by atoms with Gasteiger partial charge in [0, 0.05) is 17.4 Å². The summed E-state index contributed by atoms with van der Waals surface area (Å²) in [5, 5.41) is 6.04. The van der Waals surface area contributed by atoms with Crippen molar-refractivity contribution < 1.29 is 9.53 Å². The van der Waals surface area contributed by atoms with E-state index >= 15 is 0 Å². The van der Waals surface area contributed by atoms with Crippen LogP contribution in [0.5, 0.6) is 5.75 Å². The third-order valence-electron chi connectivity index (χ3n) is 3.17. The molecule has 1 unspecified atom stereocenters. The molecule has 4 heteroatoms. The van der Waals surface area contributed by atoms with Crippen LogP contribution in [0.25, 0.3) is 0 Å². The second-order valence-electron chi connectivity index (χ2n) is 4.95. The molecule has 0 saturated heterocycles. The highest BCUT2D eigenvalue weighted by atomic mass is 16.5. The molecule has 2 N–H and O–H groups in total. The predicted octanol–water partition coefficient (Wildman–Crippen LogP) is 3.44. The second-order valence-corrected chi connectivity index (χ2v) is 4.95. The number of ether oxygens (including phenoxy) is 1. The van der Waals surface area contributed by atoms with Crippen LogP contribution in [0.2, 0.25) is 0 Å². The maximum absolute atomic E-state index is 12.2. The smallest absolute Gasteiger partial charge is 0.246 e. The SMILES string of the molecule is COc1cccc(NC(C)C(=O)Nc2ccc(C)cc2)c1. The minimum atomic E-state index is -0.349. The van der Waals surface area contributed by atoms with Crippen LogP contribution in [0.15, 0.2) is 48.5 Å². The molecule has 0 aliphatic heterocycles. The van der Waals surface area contributed by atoms with Crippen LogP contribution >= 0.6 is 0 Å². The summed E-state index contributed by atoms with van der Waals surface area (Å²) in [5.74, 6) is 0.674. The van der Waals surface area contributed by atoms with Gasteiger partial charge in [-0.2, -0.15) is 0 Å². The molecule has 4 nitrogen and oxygen atoms in total. The first-order valence-corrected chi connectivity index (χ1v) is 6.86. The Hall–Kier alpha value is -2.49. The lowest BCUT2D eigenvalue weighted by atomic mass is 10.2. The number of aryl methyl sites for hydroxylation is 1. The van der Waals surface area contributed by atoms with Crippen molar-refractivity contribution in [2.24, 2.45) is 0 Å². The fraction of sp³-hybridized carbons (Fsp3) is 0.235. The fourth-order valence-corrected chi connectivity index (χ4v) is 1.92. The molecule has 0 spiro atoms. The van der Waals surface area contributed by atoms with Crippen molar-refractivity contribution >= 4 is 17.3 Å². The highest BCUT2D eigenvalue weighted by Gasteiger charge is 2.12. The average Bonchev–Trinajstić information content (AvgIpc) is 2.49. The molecule has 110 valence electrons. The lowest BCUT2D eigenvalue weighted by Crippen LogP contribution is -2.31. The molecule has 0 bridgehead atoms. The van der Waals surface area contributed by atoms with E-state index in [1.165, 1.54) is 0 Å². The summed E-state index contributed by atoms with van der Waals surface area (Å²) >= 11 is 0. The summed E-state index contributed by atoms with van der Waals surface area (Å²) < 4.78 is 5.16. The molecule has 0 saturated carbocycles. The number of hydrogen-bond donors (Lipinski definition) is 2. The highest BCUT2D eigenvalue weighted by molar-refractivity contribution is 5.96. The van der Waals surface area contributed by atoms with Gasteiger partial charge in [-0.25, -0.2) is 0 Å². The van der Waals surface area contributed by atoms with Crippen LogP contribution in [-0.4, -0.2) is 19.1 Å². The maximum Gasteiger partial charge on any atom is 0.246 e. The van der Waals surface area contributed by atoms with Gasteiger partial charge in [0.15, 0.2) is 0 Å². The third-order valence-corrected chi connectivity index (χ3v) is 3.17. The Kier molecular flexibility index (Phi) is 4.82. The topological polar surface area (TPSA) is 50.4 Å². The maximum atomic E-state index is 12.2. The van der Waals surface area contributed by atoms with Crippen LogP contribution in [0, 0.1) is 6.92 Å². The van der Waals surface area contributed by atoms with Gasteiger partial charge in [0.2, 0.25) is 5.91 Å². The first-order chi connectivity index (χ1) is 10.1. The van der Waals surface area contributed by atoms with E-state index in [9.17, 15) is 4.79 Å². The largest absolute Gasteiger partial charge is 0.497 e. The van der Waals surface area contributed by atoms with Crippen molar-refractivity contribution in [3.05, 3.63) is 54.1 Å². The van der Waals surface area contributed by atoms with Gasteiger partial charge in [-0.15, -0.1) is 0 Å². The first-order valence-electron chi connectivity index (χ1n) is 6.86. The Morgan fingerprint density at radius 2 is 1.81 bits per heavy atom. The number of amides is 1. The van der Waals surface area contributed by atoms with Gasteiger partial charge in [0.25, 0.3) is 0 Å². The number of benzene rings is 2. The van der Waals surface area contributed by atoms with Gasteiger partial charge in [0.1, 0.15) is 11.8 Å². The number of nitrogens with one attached hydrogen (secondary N) is 2. The van der Waals surface area contributed by atoms with E-state index in [2.05, 4.69) is 10.6 Å². The normalized spacial score (nSPS) is 11.6. The van der Waals surface area contributed by atoms with Crippen LogP contribution in [0.1, 0.15) is 12.5 Å². The predicted molar refractivity (Wildman–Crippen MR) is 85.9 cm³/mol. The molecule has 2 aromatic carbocycles. The fourth-order valence-electron chi connectivity index (χ4n) is 1.92. The number of hydrogen-bond acceptors (Lipinski definition) is 3. The Balaban J connectivity index is 1.97. The highest BCUT2D eigenvalue weighted by Crippen LogP contribution is 2.18. The van der Waals surface area contributed by atoms with E-state index in [0.717, 1.165) is 22.7 Å².